The molecule has 2 aromatic heterocycles. The molecule has 3 heterocycles. The minimum Gasteiger partial charge on any atom is -0.360 e. The van der Waals surface area contributed by atoms with Gasteiger partial charge in [-0.25, -0.2) is 9.98 Å². The fraction of sp³-hybridized carbons (Fsp3) is 0.600. The predicted octanol–water partition coefficient (Wildman–Crippen LogP) is 2.24. The van der Waals surface area contributed by atoms with E-state index in [9.17, 15) is 4.79 Å². The highest BCUT2D eigenvalue weighted by molar-refractivity contribution is 5.82. The molecule has 0 amide bonds. The Bertz CT molecular complexity index is 751. The molecule has 22 heavy (non-hydrogen) atoms. The molecule has 1 N–H and O–H groups in total. The number of aromatic amines is 1. The first-order valence-corrected chi connectivity index (χ1v) is 7.83. The number of likely N-dealkylation sites (tertiary alicyclic amines) is 1. The van der Waals surface area contributed by atoms with Crippen molar-refractivity contribution >= 4 is 22.9 Å². The van der Waals surface area contributed by atoms with Gasteiger partial charge in [0, 0.05) is 19.1 Å². The van der Waals surface area contributed by atoms with Gasteiger partial charge in [-0.3, -0.25) is 9.78 Å². The molecule has 1 fully saturated rings. The summed E-state index contributed by atoms with van der Waals surface area (Å²) in [6.45, 7) is 8.07. The summed E-state index contributed by atoms with van der Waals surface area (Å²) in [5.41, 5.74) is 0.710. The molecule has 0 unspecified atom stereocenters. The standard InChI is InChI=1S/C15H22N6O/c1-10(2)21-9-16-12-13(21)18-15(19-14(12)22)17-11(3)20-7-5-4-6-8-20/h9-10H,4-8H2,1-3H3,(H,18,19,22). The van der Waals surface area contributed by atoms with Crippen LogP contribution < -0.4 is 5.56 Å². The Hall–Kier alpha value is -2.18. The van der Waals surface area contributed by atoms with Crippen molar-refractivity contribution in [3.8, 4) is 0 Å². The van der Waals surface area contributed by atoms with Gasteiger partial charge in [0.1, 0.15) is 5.84 Å². The van der Waals surface area contributed by atoms with Crippen LogP contribution in [0, 0.1) is 0 Å². The van der Waals surface area contributed by atoms with Crippen LogP contribution in [0.4, 0.5) is 5.95 Å². The predicted molar refractivity (Wildman–Crippen MR) is 86.7 cm³/mol. The number of amidine groups is 1. The zero-order valence-corrected chi connectivity index (χ0v) is 13.3. The number of rotatable bonds is 2. The summed E-state index contributed by atoms with van der Waals surface area (Å²) in [5, 5.41) is 0. The van der Waals surface area contributed by atoms with Crippen molar-refractivity contribution in [3.05, 3.63) is 16.7 Å². The second-order valence-corrected chi connectivity index (χ2v) is 6.01. The largest absolute Gasteiger partial charge is 0.360 e. The lowest BCUT2D eigenvalue weighted by Crippen LogP contribution is -2.33. The molecule has 0 bridgehead atoms. The summed E-state index contributed by atoms with van der Waals surface area (Å²) in [6.07, 6.45) is 5.31. The summed E-state index contributed by atoms with van der Waals surface area (Å²) in [4.78, 5) is 30.2. The van der Waals surface area contributed by atoms with Crippen LogP contribution in [0.15, 0.2) is 16.1 Å². The van der Waals surface area contributed by atoms with Crippen LogP contribution in [0.2, 0.25) is 0 Å². The van der Waals surface area contributed by atoms with E-state index in [1.165, 1.54) is 19.3 Å². The van der Waals surface area contributed by atoms with E-state index < -0.39 is 0 Å². The molecule has 7 heteroatoms. The molecule has 2 aromatic rings. The Morgan fingerprint density at radius 1 is 1.32 bits per heavy atom. The maximum atomic E-state index is 12.1. The van der Waals surface area contributed by atoms with E-state index >= 15 is 0 Å². The van der Waals surface area contributed by atoms with Crippen molar-refractivity contribution in [1.82, 2.24) is 24.4 Å². The number of piperidine rings is 1. The summed E-state index contributed by atoms with van der Waals surface area (Å²) in [6, 6.07) is 0.194. The molecule has 0 radical (unpaired) electrons. The zero-order valence-electron chi connectivity index (χ0n) is 13.3. The number of fused-ring (bicyclic) bond motifs is 1. The van der Waals surface area contributed by atoms with Crippen molar-refractivity contribution in [2.45, 2.75) is 46.1 Å². The normalized spacial score (nSPS) is 16.7. The third-order valence-corrected chi connectivity index (χ3v) is 4.06. The number of H-pyrrole nitrogens is 1. The van der Waals surface area contributed by atoms with Gasteiger partial charge < -0.3 is 9.47 Å². The van der Waals surface area contributed by atoms with E-state index in [-0.39, 0.29) is 11.6 Å². The topological polar surface area (TPSA) is 79.2 Å². The van der Waals surface area contributed by atoms with E-state index in [1.54, 1.807) is 6.33 Å². The van der Waals surface area contributed by atoms with Crippen molar-refractivity contribution in [3.63, 3.8) is 0 Å². The highest BCUT2D eigenvalue weighted by Gasteiger charge is 2.14. The first kappa shape index (κ1) is 14.7. The molecule has 0 spiro atoms. The van der Waals surface area contributed by atoms with Crippen LogP contribution in [-0.4, -0.2) is 43.3 Å². The maximum Gasteiger partial charge on any atom is 0.280 e. The number of nitrogens with zero attached hydrogens (tertiary/aromatic N) is 5. The number of hydrogen-bond donors (Lipinski definition) is 1. The average molecular weight is 302 g/mol. The summed E-state index contributed by atoms with van der Waals surface area (Å²) < 4.78 is 1.89. The van der Waals surface area contributed by atoms with Gasteiger partial charge in [-0.2, -0.15) is 4.98 Å². The number of aliphatic imine (C=N–C) groups is 1. The van der Waals surface area contributed by atoms with Crippen molar-refractivity contribution < 1.29 is 0 Å². The number of imidazole rings is 1. The van der Waals surface area contributed by atoms with Crippen molar-refractivity contribution in [2.24, 2.45) is 4.99 Å². The van der Waals surface area contributed by atoms with E-state index in [4.69, 9.17) is 0 Å². The van der Waals surface area contributed by atoms with E-state index in [0.29, 0.717) is 17.1 Å². The minimum absolute atomic E-state index is 0.194. The Balaban J connectivity index is 2.00. The van der Waals surface area contributed by atoms with E-state index in [0.717, 1.165) is 18.9 Å². The summed E-state index contributed by atoms with van der Waals surface area (Å²) >= 11 is 0. The first-order chi connectivity index (χ1) is 10.6. The van der Waals surface area contributed by atoms with Gasteiger partial charge in [-0.05, 0) is 40.0 Å². The number of nitrogens with one attached hydrogen (secondary N) is 1. The third kappa shape index (κ3) is 2.75. The quantitative estimate of drug-likeness (QED) is 0.681. The molecule has 1 aliphatic rings. The fourth-order valence-corrected chi connectivity index (χ4v) is 2.79. The van der Waals surface area contributed by atoms with Gasteiger partial charge in [-0.1, -0.05) is 0 Å². The highest BCUT2D eigenvalue weighted by atomic mass is 16.1. The summed E-state index contributed by atoms with van der Waals surface area (Å²) in [5.74, 6) is 1.25. The average Bonchev–Trinajstić information content (AvgIpc) is 2.92. The molecule has 118 valence electrons. The highest BCUT2D eigenvalue weighted by Crippen LogP contribution is 2.16. The SMILES string of the molecule is CC(=Nc1nc2c(ncn2C(C)C)c(=O)[nH]1)N1CCCCC1. The molecule has 0 aromatic carbocycles. The van der Waals surface area contributed by atoms with Crippen molar-refractivity contribution in [2.75, 3.05) is 13.1 Å². The second-order valence-electron chi connectivity index (χ2n) is 6.01. The monoisotopic (exact) mass is 302 g/mol. The molecule has 1 aliphatic heterocycles. The Labute approximate surface area is 129 Å². The molecular formula is C15H22N6O. The fourth-order valence-electron chi connectivity index (χ4n) is 2.79. The molecule has 0 aliphatic carbocycles. The van der Waals surface area contributed by atoms with Gasteiger partial charge in [0.25, 0.3) is 5.56 Å². The van der Waals surface area contributed by atoms with Crippen LogP contribution >= 0.6 is 0 Å². The van der Waals surface area contributed by atoms with E-state index in [2.05, 4.69) is 24.8 Å². The molecular weight excluding hydrogens is 280 g/mol. The Kier molecular flexibility index (Phi) is 3.96. The zero-order chi connectivity index (χ0) is 15.7. The van der Waals surface area contributed by atoms with Crippen molar-refractivity contribution in [1.29, 1.82) is 0 Å². The molecule has 0 atom stereocenters. The number of hydrogen-bond acceptors (Lipinski definition) is 4. The Morgan fingerprint density at radius 3 is 2.73 bits per heavy atom. The van der Waals surface area contributed by atoms with Crippen LogP contribution in [0.1, 0.15) is 46.1 Å². The lowest BCUT2D eigenvalue weighted by atomic mass is 10.1. The molecule has 1 saturated heterocycles. The van der Waals surface area contributed by atoms with Gasteiger partial charge in [0.15, 0.2) is 11.2 Å². The molecule has 3 rings (SSSR count). The van der Waals surface area contributed by atoms with Gasteiger partial charge in [0.2, 0.25) is 5.95 Å². The van der Waals surface area contributed by atoms with Crippen LogP contribution in [-0.2, 0) is 0 Å². The van der Waals surface area contributed by atoms with Crippen LogP contribution in [0.3, 0.4) is 0 Å². The summed E-state index contributed by atoms with van der Waals surface area (Å²) in [7, 11) is 0. The third-order valence-electron chi connectivity index (χ3n) is 4.06. The molecule has 0 saturated carbocycles. The molecule has 7 nitrogen and oxygen atoms in total. The van der Waals surface area contributed by atoms with Gasteiger partial charge in [-0.15, -0.1) is 0 Å². The Morgan fingerprint density at radius 2 is 2.05 bits per heavy atom. The van der Waals surface area contributed by atoms with Gasteiger partial charge >= 0.3 is 0 Å². The van der Waals surface area contributed by atoms with E-state index in [1.807, 2.05) is 25.3 Å². The smallest absolute Gasteiger partial charge is 0.280 e. The number of aromatic nitrogens is 4. The lowest BCUT2D eigenvalue weighted by molar-refractivity contribution is 0.340. The van der Waals surface area contributed by atoms with Gasteiger partial charge in [0.05, 0.1) is 6.33 Å². The maximum absolute atomic E-state index is 12.1. The second kappa shape index (κ2) is 5.90. The van der Waals surface area contributed by atoms with Crippen LogP contribution in [0.5, 0.6) is 0 Å². The minimum atomic E-state index is -0.241. The first-order valence-electron chi connectivity index (χ1n) is 7.83. The lowest BCUT2D eigenvalue weighted by Gasteiger charge is -2.27. The van der Waals surface area contributed by atoms with Crippen LogP contribution in [0.25, 0.3) is 11.2 Å².